The molecule has 0 aromatic heterocycles. The Kier molecular flexibility index (Phi) is 3.49. The lowest BCUT2D eigenvalue weighted by Gasteiger charge is -2.53. The number of hydrogen-bond acceptors (Lipinski definition) is 2. The Morgan fingerprint density at radius 2 is 1.67 bits per heavy atom. The van der Waals surface area contributed by atoms with Crippen molar-refractivity contribution in [2.75, 3.05) is 0 Å². The molecule has 0 spiro atoms. The Labute approximate surface area is 111 Å². The Hall–Kier alpha value is -0.550. The summed E-state index contributed by atoms with van der Waals surface area (Å²) in [5.41, 5.74) is -0.881. The lowest BCUT2D eigenvalue weighted by molar-refractivity contribution is -0.139. The molecule has 0 amide bonds. The smallest absolute Gasteiger partial charge is 0.0863 e. The predicted octanol–water partition coefficient (Wildman–Crippen LogP) is 4.04. The quantitative estimate of drug-likeness (QED) is 0.762. The molecule has 2 saturated carbocycles. The molecule has 0 radical (unpaired) electrons. The third-order valence-electron chi connectivity index (χ3n) is 5.76. The van der Waals surface area contributed by atoms with E-state index >= 15 is 0 Å². The molecule has 2 fully saturated rings. The number of nitriles is 1. The van der Waals surface area contributed by atoms with Crippen LogP contribution < -0.4 is 0 Å². The molecule has 2 nitrogen and oxygen atoms in total. The van der Waals surface area contributed by atoms with E-state index in [0.717, 1.165) is 44.9 Å². The van der Waals surface area contributed by atoms with Gasteiger partial charge in [0.25, 0.3) is 0 Å². The highest BCUT2D eigenvalue weighted by Crippen LogP contribution is 2.55. The topological polar surface area (TPSA) is 44.0 Å². The first-order chi connectivity index (χ1) is 8.35. The molecule has 2 aliphatic rings. The molecular weight excluding hydrogens is 222 g/mol. The molecule has 2 unspecified atom stereocenters. The van der Waals surface area contributed by atoms with Gasteiger partial charge in [-0.25, -0.2) is 0 Å². The zero-order valence-electron chi connectivity index (χ0n) is 12.1. The van der Waals surface area contributed by atoms with E-state index < -0.39 is 11.0 Å². The first-order valence-electron chi connectivity index (χ1n) is 7.49. The minimum atomic E-state index is -0.740. The van der Waals surface area contributed by atoms with Gasteiger partial charge in [-0.15, -0.1) is 0 Å². The molecule has 2 atom stereocenters. The SMILES string of the molecule is CC1CCCCC1(O)C1(C#N)CCC(C)(C)CC1. The van der Waals surface area contributed by atoms with Crippen LogP contribution in [0.5, 0.6) is 0 Å². The van der Waals surface area contributed by atoms with Crippen LogP contribution in [-0.4, -0.2) is 10.7 Å². The van der Waals surface area contributed by atoms with Crippen LogP contribution in [0, 0.1) is 28.1 Å². The maximum atomic E-state index is 11.2. The van der Waals surface area contributed by atoms with Crippen molar-refractivity contribution in [2.45, 2.75) is 77.7 Å². The van der Waals surface area contributed by atoms with Gasteiger partial charge in [0.1, 0.15) is 0 Å². The molecule has 2 rings (SSSR count). The van der Waals surface area contributed by atoms with Crippen molar-refractivity contribution in [3.8, 4) is 6.07 Å². The van der Waals surface area contributed by atoms with E-state index in [9.17, 15) is 10.4 Å². The molecule has 0 aliphatic heterocycles. The van der Waals surface area contributed by atoms with E-state index in [1.807, 2.05) is 0 Å². The fourth-order valence-electron chi connectivity index (χ4n) is 4.04. The van der Waals surface area contributed by atoms with Crippen LogP contribution in [0.1, 0.15) is 72.1 Å². The van der Waals surface area contributed by atoms with Crippen LogP contribution in [0.4, 0.5) is 0 Å². The summed E-state index contributed by atoms with van der Waals surface area (Å²) < 4.78 is 0. The number of rotatable bonds is 1. The molecular formula is C16H27NO. The van der Waals surface area contributed by atoms with Gasteiger partial charge in [0, 0.05) is 0 Å². The second-order valence-corrected chi connectivity index (χ2v) is 7.43. The van der Waals surface area contributed by atoms with Crippen molar-refractivity contribution >= 4 is 0 Å². The highest BCUT2D eigenvalue weighted by atomic mass is 16.3. The summed E-state index contributed by atoms with van der Waals surface area (Å²) in [5, 5.41) is 20.9. The maximum absolute atomic E-state index is 11.2. The van der Waals surface area contributed by atoms with Gasteiger partial charge in [-0.2, -0.15) is 5.26 Å². The van der Waals surface area contributed by atoms with Gasteiger partial charge in [0.05, 0.1) is 17.1 Å². The van der Waals surface area contributed by atoms with Crippen LogP contribution in [0.3, 0.4) is 0 Å². The minimum absolute atomic E-state index is 0.270. The van der Waals surface area contributed by atoms with Crippen molar-refractivity contribution in [2.24, 2.45) is 16.7 Å². The molecule has 102 valence electrons. The number of hydrogen-bond donors (Lipinski definition) is 1. The largest absolute Gasteiger partial charge is 0.388 e. The third-order valence-corrected chi connectivity index (χ3v) is 5.76. The van der Waals surface area contributed by atoms with E-state index in [1.54, 1.807) is 0 Å². The second-order valence-electron chi connectivity index (χ2n) is 7.43. The summed E-state index contributed by atoms with van der Waals surface area (Å²) in [6.45, 7) is 6.70. The van der Waals surface area contributed by atoms with Gasteiger partial charge < -0.3 is 5.11 Å². The molecule has 18 heavy (non-hydrogen) atoms. The standard InChI is InChI=1S/C16H27NO/c1-13-6-4-5-7-16(13,18)15(12-17)10-8-14(2,3)9-11-15/h13,18H,4-11H2,1-3H3. The zero-order valence-corrected chi connectivity index (χ0v) is 12.1. The Bertz CT molecular complexity index is 345. The fraction of sp³-hybridized carbons (Fsp3) is 0.938. The van der Waals surface area contributed by atoms with E-state index in [1.165, 1.54) is 6.42 Å². The van der Waals surface area contributed by atoms with Crippen molar-refractivity contribution in [1.29, 1.82) is 5.26 Å². The number of nitrogens with zero attached hydrogens (tertiary/aromatic N) is 1. The van der Waals surface area contributed by atoms with Crippen molar-refractivity contribution in [1.82, 2.24) is 0 Å². The predicted molar refractivity (Wildman–Crippen MR) is 72.9 cm³/mol. The zero-order chi connectivity index (χ0) is 13.4. The third kappa shape index (κ3) is 2.07. The van der Waals surface area contributed by atoms with Crippen LogP contribution in [-0.2, 0) is 0 Å². The minimum Gasteiger partial charge on any atom is -0.388 e. The van der Waals surface area contributed by atoms with E-state index in [2.05, 4.69) is 26.8 Å². The summed E-state index contributed by atoms with van der Waals surface area (Å²) in [6.07, 6.45) is 8.05. The van der Waals surface area contributed by atoms with Crippen molar-refractivity contribution in [3.05, 3.63) is 0 Å². The summed E-state index contributed by atoms with van der Waals surface area (Å²) in [4.78, 5) is 0. The Balaban J connectivity index is 2.25. The van der Waals surface area contributed by atoms with E-state index in [4.69, 9.17) is 0 Å². The number of aliphatic hydroxyl groups is 1. The highest BCUT2D eigenvalue weighted by Gasteiger charge is 2.56. The highest BCUT2D eigenvalue weighted by molar-refractivity contribution is 5.16. The summed E-state index contributed by atoms with van der Waals surface area (Å²) in [6, 6.07) is 2.55. The summed E-state index contributed by atoms with van der Waals surface area (Å²) in [7, 11) is 0. The van der Waals surface area contributed by atoms with Crippen LogP contribution in [0.15, 0.2) is 0 Å². The summed E-state index contributed by atoms with van der Waals surface area (Å²) in [5.74, 6) is 0.270. The van der Waals surface area contributed by atoms with Gasteiger partial charge in [0.2, 0.25) is 0 Å². The normalized spacial score (nSPS) is 38.9. The first kappa shape index (κ1) is 13.9. The van der Waals surface area contributed by atoms with Crippen LogP contribution >= 0.6 is 0 Å². The Morgan fingerprint density at radius 1 is 1.06 bits per heavy atom. The fourth-order valence-corrected chi connectivity index (χ4v) is 4.04. The molecule has 2 aliphatic carbocycles. The molecule has 1 N–H and O–H groups in total. The maximum Gasteiger partial charge on any atom is 0.0863 e. The van der Waals surface area contributed by atoms with Gasteiger partial charge >= 0.3 is 0 Å². The van der Waals surface area contributed by atoms with E-state index in [-0.39, 0.29) is 5.92 Å². The lowest BCUT2D eigenvalue weighted by atomic mass is 9.53. The average molecular weight is 249 g/mol. The molecule has 0 aromatic rings. The molecule has 0 heterocycles. The summed E-state index contributed by atoms with van der Waals surface area (Å²) >= 11 is 0. The Morgan fingerprint density at radius 3 is 2.17 bits per heavy atom. The lowest BCUT2D eigenvalue weighted by Crippen LogP contribution is -2.55. The molecule has 0 saturated heterocycles. The van der Waals surface area contributed by atoms with Crippen molar-refractivity contribution in [3.63, 3.8) is 0 Å². The average Bonchev–Trinajstić information content (AvgIpc) is 2.34. The van der Waals surface area contributed by atoms with Gasteiger partial charge in [0.15, 0.2) is 0 Å². The van der Waals surface area contributed by atoms with Crippen molar-refractivity contribution < 1.29 is 5.11 Å². The van der Waals surface area contributed by atoms with Crippen LogP contribution in [0.25, 0.3) is 0 Å². The molecule has 0 aromatic carbocycles. The van der Waals surface area contributed by atoms with Crippen LogP contribution in [0.2, 0.25) is 0 Å². The van der Waals surface area contributed by atoms with E-state index in [0.29, 0.717) is 5.41 Å². The molecule has 2 heteroatoms. The van der Waals surface area contributed by atoms with Gasteiger partial charge in [-0.05, 0) is 49.9 Å². The first-order valence-corrected chi connectivity index (χ1v) is 7.49. The second kappa shape index (κ2) is 4.53. The van der Waals surface area contributed by atoms with Gasteiger partial charge in [-0.3, -0.25) is 0 Å². The van der Waals surface area contributed by atoms with Gasteiger partial charge in [-0.1, -0.05) is 33.6 Å². The monoisotopic (exact) mass is 249 g/mol. The molecule has 0 bridgehead atoms.